The Balaban J connectivity index is 1.69. The van der Waals surface area contributed by atoms with Gasteiger partial charge in [0.25, 0.3) is 0 Å². The smallest absolute Gasteiger partial charge is 0.318 e. The van der Waals surface area contributed by atoms with Crippen LogP contribution in [0.1, 0.15) is 56.5 Å². The van der Waals surface area contributed by atoms with Gasteiger partial charge in [0.15, 0.2) is 0 Å². The zero-order valence-corrected chi connectivity index (χ0v) is 17.0. The van der Waals surface area contributed by atoms with Gasteiger partial charge in [-0.15, -0.1) is 5.10 Å². The molecule has 1 atom stereocenters. The normalized spacial score (nSPS) is 16.3. The summed E-state index contributed by atoms with van der Waals surface area (Å²) in [6, 6.07) is 9.09. The molecule has 1 aromatic carbocycles. The number of nitrogens with zero attached hydrogens (tertiary/aromatic N) is 4. The molecule has 2 heterocycles. The third-order valence-electron chi connectivity index (χ3n) is 5.27. The summed E-state index contributed by atoms with van der Waals surface area (Å²) >= 11 is 0. The van der Waals surface area contributed by atoms with Crippen LogP contribution in [-0.2, 0) is 4.79 Å². The second-order valence-corrected chi connectivity index (χ2v) is 7.96. The Kier molecular flexibility index (Phi) is 5.82. The fourth-order valence-corrected chi connectivity index (χ4v) is 3.63. The third-order valence-corrected chi connectivity index (χ3v) is 5.27. The van der Waals surface area contributed by atoms with Crippen molar-refractivity contribution < 1.29 is 9.21 Å². The summed E-state index contributed by atoms with van der Waals surface area (Å²) in [4.78, 5) is 17.3. The van der Waals surface area contributed by atoms with Gasteiger partial charge in [-0.1, -0.05) is 57.1 Å². The van der Waals surface area contributed by atoms with Crippen molar-refractivity contribution in [2.75, 3.05) is 31.1 Å². The van der Waals surface area contributed by atoms with Crippen molar-refractivity contribution in [2.45, 2.75) is 46.5 Å². The lowest BCUT2D eigenvalue weighted by Gasteiger charge is -2.36. The lowest BCUT2D eigenvalue weighted by molar-refractivity contribution is -0.134. The van der Waals surface area contributed by atoms with E-state index in [-0.39, 0.29) is 17.7 Å². The van der Waals surface area contributed by atoms with Crippen molar-refractivity contribution in [3.8, 4) is 0 Å². The highest BCUT2D eigenvalue weighted by atomic mass is 16.4. The molecule has 1 aliphatic rings. The number of carbonyl (C=O) groups excluding carboxylic acids is 1. The predicted molar refractivity (Wildman–Crippen MR) is 106 cm³/mol. The highest BCUT2D eigenvalue weighted by molar-refractivity contribution is 5.84. The molecule has 6 nitrogen and oxygen atoms in total. The van der Waals surface area contributed by atoms with Crippen LogP contribution < -0.4 is 4.90 Å². The average Bonchev–Trinajstić information content (AvgIpc) is 3.08. The molecule has 1 saturated heterocycles. The zero-order chi connectivity index (χ0) is 19.6. The molecule has 146 valence electrons. The molecule has 0 N–H and O–H groups in total. The maximum Gasteiger partial charge on any atom is 0.318 e. The molecule has 0 bridgehead atoms. The summed E-state index contributed by atoms with van der Waals surface area (Å²) in [5, 5.41) is 7.97. The van der Waals surface area contributed by atoms with E-state index in [4.69, 9.17) is 4.42 Å². The molecule has 1 fully saturated rings. The van der Waals surface area contributed by atoms with Gasteiger partial charge in [0.2, 0.25) is 11.8 Å². The topological polar surface area (TPSA) is 62.5 Å². The Hall–Kier alpha value is -2.37. The first kappa shape index (κ1) is 19.4. The predicted octanol–water partition coefficient (Wildman–Crippen LogP) is 3.59. The lowest BCUT2D eigenvalue weighted by atomic mass is 9.86. The maximum atomic E-state index is 13.3. The second-order valence-electron chi connectivity index (χ2n) is 7.96. The van der Waals surface area contributed by atoms with Crippen LogP contribution in [0.2, 0.25) is 0 Å². The Morgan fingerprint density at radius 2 is 1.56 bits per heavy atom. The molecule has 1 unspecified atom stereocenters. The number of anilines is 1. The molecule has 3 rings (SSSR count). The van der Waals surface area contributed by atoms with Crippen molar-refractivity contribution >= 4 is 11.9 Å². The van der Waals surface area contributed by atoms with Crippen LogP contribution in [-0.4, -0.2) is 47.2 Å². The van der Waals surface area contributed by atoms with E-state index >= 15 is 0 Å². The highest BCUT2D eigenvalue weighted by Gasteiger charge is 2.31. The first-order valence-corrected chi connectivity index (χ1v) is 9.80. The molecule has 1 amide bonds. The van der Waals surface area contributed by atoms with Crippen LogP contribution >= 0.6 is 0 Å². The van der Waals surface area contributed by atoms with Gasteiger partial charge in [0, 0.05) is 33.1 Å². The lowest BCUT2D eigenvalue weighted by Crippen LogP contribution is -2.50. The number of aryl methyl sites for hydroxylation is 1. The molecule has 1 aliphatic heterocycles. The number of piperazine rings is 1. The Morgan fingerprint density at radius 1 is 0.963 bits per heavy atom. The van der Waals surface area contributed by atoms with Gasteiger partial charge >= 0.3 is 6.01 Å². The summed E-state index contributed by atoms with van der Waals surface area (Å²) in [5.74, 6) is 1.41. The van der Waals surface area contributed by atoms with Crippen LogP contribution in [0.5, 0.6) is 0 Å². The maximum absolute atomic E-state index is 13.3. The minimum absolute atomic E-state index is 0.108. The van der Waals surface area contributed by atoms with E-state index in [9.17, 15) is 4.79 Å². The monoisotopic (exact) mass is 370 g/mol. The summed E-state index contributed by atoms with van der Waals surface area (Å²) in [6.07, 6.45) is 0. The van der Waals surface area contributed by atoms with E-state index in [0.29, 0.717) is 44.0 Å². The minimum Gasteiger partial charge on any atom is -0.408 e. The van der Waals surface area contributed by atoms with E-state index in [2.05, 4.69) is 62.2 Å². The van der Waals surface area contributed by atoms with Gasteiger partial charge in [-0.25, -0.2) is 0 Å². The molecule has 0 spiro atoms. The molecule has 6 heteroatoms. The van der Waals surface area contributed by atoms with Crippen LogP contribution in [0.4, 0.5) is 6.01 Å². The molecular formula is C21H30N4O2. The molecule has 27 heavy (non-hydrogen) atoms. The highest BCUT2D eigenvalue weighted by Crippen LogP contribution is 2.29. The quantitative estimate of drug-likeness (QED) is 0.805. The molecule has 1 aromatic heterocycles. The zero-order valence-electron chi connectivity index (χ0n) is 17.0. The number of benzene rings is 1. The Morgan fingerprint density at radius 3 is 2.04 bits per heavy atom. The van der Waals surface area contributed by atoms with Crippen LogP contribution in [0.25, 0.3) is 0 Å². The van der Waals surface area contributed by atoms with Crippen molar-refractivity contribution in [3.63, 3.8) is 0 Å². The number of hydrogen-bond acceptors (Lipinski definition) is 5. The van der Waals surface area contributed by atoms with Crippen LogP contribution in [0, 0.1) is 12.8 Å². The Bertz CT molecular complexity index is 759. The summed E-state index contributed by atoms with van der Waals surface area (Å²) in [6.45, 7) is 13.2. The van der Waals surface area contributed by atoms with Crippen LogP contribution in [0.15, 0.2) is 28.7 Å². The van der Waals surface area contributed by atoms with Crippen molar-refractivity contribution in [2.24, 2.45) is 5.92 Å². The van der Waals surface area contributed by atoms with Gasteiger partial charge in [0.1, 0.15) is 0 Å². The molecule has 2 aromatic rings. The Labute approximate surface area is 161 Å². The number of hydrogen-bond donors (Lipinski definition) is 0. The summed E-state index contributed by atoms with van der Waals surface area (Å²) < 4.78 is 5.50. The average molecular weight is 370 g/mol. The van der Waals surface area contributed by atoms with Crippen molar-refractivity contribution in [1.82, 2.24) is 15.1 Å². The third kappa shape index (κ3) is 4.31. The standard InChI is InChI=1S/C21H30N4O2/c1-14(2)17-6-8-18(9-7-17)19(15(3)4)20(26)24-10-12-25(13-11-24)21-23-22-16(5)27-21/h6-9,14-15,19H,10-13H2,1-5H3. The van der Waals surface area contributed by atoms with E-state index in [1.165, 1.54) is 5.56 Å². The number of rotatable bonds is 5. The fourth-order valence-electron chi connectivity index (χ4n) is 3.63. The van der Waals surface area contributed by atoms with E-state index in [1.807, 2.05) is 9.80 Å². The minimum atomic E-state index is -0.108. The largest absolute Gasteiger partial charge is 0.408 e. The van der Waals surface area contributed by atoms with Crippen molar-refractivity contribution in [3.05, 3.63) is 41.3 Å². The van der Waals surface area contributed by atoms with Gasteiger partial charge in [-0.3, -0.25) is 4.79 Å². The number of aromatic nitrogens is 2. The van der Waals surface area contributed by atoms with Gasteiger partial charge < -0.3 is 14.2 Å². The van der Waals surface area contributed by atoms with Gasteiger partial charge in [-0.05, 0) is 23.0 Å². The molecule has 0 saturated carbocycles. The fraction of sp³-hybridized carbons (Fsp3) is 0.571. The van der Waals surface area contributed by atoms with Crippen molar-refractivity contribution in [1.29, 1.82) is 0 Å². The first-order chi connectivity index (χ1) is 12.9. The number of amides is 1. The second kappa shape index (κ2) is 8.11. The van der Waals surface area contributed by atoms with Gasteiger partial charge in [-0.2, -0.15) is 0 Å². The van der Waals surface area contributed by atoms with E-state index in [0.717, 1.165) is 5.56 Å². The summed E-state index contributed by atoms with van der Waals surface area (Å²) in [7, 11) is 0. The van der Waals surface area contributed by atoms with Crippen LogP contribution in [0.3, 0.4) is 0 Å². The SMILES string of the molecule is Cc1nnc(N2CCN(C(=O)C(c3ccc(C(C)C)cc3)C(C)C)CC2)o1. The molecular weight excluding hydrogens is 340 g/mol. The molecule has 0 radical (unpaired) electrons. The summed E-state index contributed by atoms with van der Waals surface area (Å²) in [5.41, 5.74) is 2.41. The van der Waals surface area contributed by atoms with E-state index < -0.39 is 0 Å². The van der Waals surface area contributed by atoms with E-state index in [1.54, 1.807) is 6.92 Å². The molecule has 0 aliphatic carbocycles. The van der Waals surface area contributed by atoms with Gasteiger partial charge in [0.05, 0.1) is 5.92 Å². The first-order valence-electron chi connectivity index (χ1n) is 9.80. The number of carbonyl (C=O) groups is 1.